The first-order valence-corrected chi connectivity index (χ1v) is 3.03. The molecule has 1 aromatic heterocycles. The van der Waals surface area contributed by atoms with Crippen LogP contribution in [0, 0.1) is 11.3 Å². The maximum atomic E-state index is 10.2. The number of halogens is 1. The molecule has 0 saturated heterocycles. The van der Waals surface area contributed by atoms with Gasteiger partial charge in [-0.15, -0.1) is 0 Å². The minimum atomic E-state index is -0.0411. The Hall–Kier alpha value is -1.47. The largest absolute Gasteiger partial charge is 0.298 e. The number of aldehydes is 1. The first-order chi connectivity index (χ1) is 5.27. The third kappa shape index (κ3) is 1.51. The molecule has 0 bridgehead atoms. The Morgan fingerprint density at radius 1 is 1.73 bits per heavy atom. The van der Waals surface area contributed by atoms with Gasteiger partial charge in [0, 0.05) is 6.20 Å². The van der Waals surface area contributed by atoms with E-state index in [1.807, 2.05) is 0 Å². The van der Waals surface area contributed by atoms with Gasteiger partial charge in [0.2, 0.25) is 5.82 Å². The number of hydrogen-bond acceptors (Lipinski definition) is 4. The van der Waals surface area contributed by atoms with Gasteiger partial charge < -0.3 is 0 Å². The van der Waals surface area contributed by atoms with Crippen LogP contribution in [-0.2, 0) is 0 Å². The highest BCUT2D eigenvalue weighted by Gasteiger charge is 2.01. The van der Waals surface area contributed by atoms with Gasteiger partial charge in [-0.3, -0.25) is 4.79 Å². The summed E-state index contributed by atoms with van der Waals surface area (Å²) in [5, 5.41) is 8.31. The summed E-state index contributed by atoms with van der Waals surface area (Å²) in [4.78, 5) is 17.2. The van der Waals surface area contributed by atoms with Crippen molar-refractivity contribution < 1.29 is 4.79 Å². The Morgan fingerprint density at radius 2 is 2.45 bits per heavy atom. The predicted octanol–water partition coefficient (Wildman–Crippen LogP) is 0.814. The van der Waals surface area contributed by atoms with Gasteiger partial charge in [-0.1, -0.05) is 11.6 Å². The fourth-order valence-corrected chi connectivity index (χ4v) is 0.677. The molecule has 0 fully saturated rings. The van der Waals surface area contributed by atoms with Gasteiger partial charge in [0.1, 0.15) is 11.2 Å². The Kier molecular flexibility index (Phi) is 2.14. The lowest BCUT2D eigenvalue weighted by Gasteiger charge is -1.91. The molecule has 0 atom stereocenters. The quantitative estimate of drug-likeness (QED) is 0.459. The number of hydrogen-bond donors (Lipinski definition) is 0. The molecular formula is C6H2ClN3O. The lowest BCUT2D eigenvalue weighted by Crippen LogP contribution is -1.93. The van der Waals surface area contributed by atoms with Crippen molar-refractivity contribution >= 4 is 17.9 Å². The van der Waals surface area contributed by atoms with Crippen molar-refractivity contribution in [1.82, 2.24) is 9.97 Å². The lowest BCUT2D eigenvalue weighted by molar-refractivity contribution is 0.112. The third-order valence-electron chi connectivity index (χ3n) is 0.995. The summed E-state index contributed by atoms with van der Waals surface area (Å²) in [7, 11) is 0. The first kappa shape index (κ1) is 7.63. The number of carbonyl (C=O) groups is 1. The van der Waals surface area contributed by atoms with Gasteiger partial charge >= 0.3 is 0 Å². The molecule has 0 radical (unpaired) electrons. The number of nitriles is 1. The fraction of sp³-hybridized carbons (Fsp3) is 0. The van der Waals surface area contributed by atoms with Crippen molar-refractivity contribution in [1.29, 1.82) is 5.26 Å². The molecule has 1 rings (SSSR count). The van der Waals surface area contributed by atoms with Crippen molar-refractivity contribution in [3.8, 4) is 6.07 Å². The molecule has 5 heteroatoms. The normalized spacial score (nSPS) is 8.73. The summed E-state index contributed by atoms with van der Waals surface area (Å²) in [5.74, 6) is -0.0411. The fourth-order valence-electron chi connectivity index (χ4n) is 0.503. The van der Waals surface area contributed by atoms with Crippen LogP contribution >= 0.6 is 11.6 Å². The van der Waals surface area contributed by atoms with Crippen LogP contribution in [0.25, 0.3) is 0 Å². The monoisotopic (exact) mass is 167 g/mol. The average molecular weight is 168 g/mol. The zero-order chi connectivity index (χ0) is 8.27. The lowest BCUT2D eigenvalue weighted by atomic mass is 10.4. The van der Waals surface area contributed by atoms with E-state index < -0.39 is 0 Å². The number of carbonyl (C=O) groups excluding carboxylic acids is 1. The summed E-state index contributed by atoms with van der Waals surface area (Å²) in [5.41, 5.74) is 0.186. The summed E-state index contributed by atoms with van der Waals surface area (Å²) in [6.07, 6.45) is 1.74. The number of aromatic nitrogens is 2. The van der Waals surface area contributed by atoms with Crippen LogP contribution in [0.2, 0.25) is 5.15 Å². The molecule has 0 amide bonds. The van der Waals surface area contributed by atoms with Crippen molar-refractivity contribution in [2.45, 2.75) is 0 Å². The number of rotatable bonds is 1. The molecular weight excluding hydrogens is 166 g/mol. The van der Waals surface area contributed by atoms with Crippen molar-refractivity contribution in [2.24, 2.45) is 0 Å². The highest BCUT2D eigenvalue weighted by molar-refractivity contribution is 6.31. The van der Waals surface area contributed by atoms with E-state index in [1.54, 1.807) is 6.07 Å². The standard InChI is InChI=1S/C6H2ClN3O/c7-6-4(3-11)2-9-5(1-8)10-6/h2-3H. The molecule has 0 aliphatic rings. The summed E-state index contributed by atoms with van der Waals surface area (Å²) in [6.45, 7) is 0. The van der Waals surface area contributed by atoms with Crippen LogP contribution in [0.15, 0.2) is 6.20 Å². The molecule has 0 aliphatic carbocycles. The van der Waals surface area contributed by atoms with Crippen LogP contribution in [0.4, 0.5) is 0 Å². The van der Waals surface area contributed by atoms with E-state index in [4.69, 9.17) is 16.9 Å². The molecule has 0 saturated carbocycles. The van der Waals surface area contributed by atoms with Crippen molar-refractivity contribution in [3.05, 3.63) is 22.7 Å². The van der Waals surface area contributed by atoms with Crippen LogP contribution in [0.3, 0.4) is 0 Å². The smallest absolute Gasteiger partial charge is 0.233 e. The summed E-state index contributed by atoms with van der Waals surface area (Å²) in [6, 6.07) is 1.70. The van der Waals surface area contributed by atoms with E-state index in [-0.39, 0.29) is 16.5 Å². The summed E-state index contributed by atoms with van der Waals surface area (Å²) < 4.78 is 0. The average Bonchev–Trinajstić information content (AvgIpc) is 2.04. The Balaban J connectivity index is 3.22. The predicted molar refractivity (Wildman–Crippen MR) is 37.1 cm³/mol. The van der Waals surface area contributed by atoms with E-state index in [0.717, 1.165) is 0 Å². The number of nitrogens with zero attached hydrogens (tertiary/aromatic N) is 3. The van der Waals surface area contributed by atoms with E-state index in [0.29, 0.717) is 6.29 Å². The molecule has 0 aliphatic heterocycles. The molecule has 0 unspecified atom stereocenters. The maximum absolute atomic E-state index is 10.2. The molecule has 0 N–H and O–H groups in total. The third-order valence-corrected chi connectivity index (χ3v) is 1.30. The molecule has 0 aromatic carbocycles. The summed E-state index contributed by atoms with van der Waals surface area (Å²) >= 11 is 5.47. The second kappa shape index (κ2) is 3.08. The van der Waals surface area contributed by atoms with Crippen LogP contribution < -0.4 is 0 Å². The molecule has 0 spiro atoms. The van der Waals surface area contributed by atoms with Gasteiger partial charge in [-0.05, 0) is 0 Å². The second-order valence-corrected chi connectivity index (χ2v) is 2.03. The molecule has 1 aromatic rings. The topological polar surface area (TPSA) is 66.6 Å². The second-order valence-electron chi connectivity index (χ2n) is 1.67. The highest BCUT2D eigenvalue weighted by atomic mass is 35.5. The van der Waals surface area contributed by atoms with E-state index >= 15 is 0 Å². The minimum Gasteiger partial charge on any atom is -0.298 e. The Bertz CT molecular complexity index is 331. The molecule has 11 heavy (non-hydrogen) atoms. The van der Waals surface area contributed by atoms with Crippen molar-refractivity contribution in [3.63, 3.8) is 0 Å². The minimum absolute atomic E-state index is 0.00606. The van der Waals surface area contributed by atoms with Crippen LogP contribution in [0.1, 0.15) is 16.2 Å². The highest BCUT2D eigenvalue weighted by Crippen LogP contribution is 2.08. The SMILES string of the molecule is N#Cc1ncc(C=O)c(Cl)n1. The van der Waals surface area contributed by atoms with Crippen LogP contribution in [-0.4, -0.2) is 16.3 Å². The van der Waals surface area contributed by atoms with Gasteiger partial charge in [0.15, 0.2) is 6.29 Å². The van der Waals surface area contributed by atoms with Crippen LogP contribution in [0.5, 0.6) is 0 Å². The molecule has 4 nitrogen and oxygen atoms in total. The first-order valence-electron chi connectivity index (χ1n) is 2.65. The zero-order valence-electron chi connectivity index (χ0n) is 5.28. The van der Waals surface area contributed by atoms with E-state index in [2.05, 4.69) is 9.97 Å². The van der Waals surface area contributed by atoms with Gasteiger partial charge in [0.05, 0.1) is 5.56 Å². The van der Waals surface area contributed by atoms with Gasteiger partial charge in [-0.25, -0.2) is 9.97 Å². The Morgan fingerprint density at radius 3 is 2.91 bits per heavy atom. The van der Waals surface area contributed by atoms with Gasteiger partial charge in [-0.2, -0.15) is 5.26 Å². The molecule has 54 valence electrons. The Labute approximate surface area is 67.5 Å². The van der Waals surface area contributed by atoms with E-state index in [1.165, 1.54) is 6.20 Å². The van der Waals surface area contributed by atoms with Crippen molar-refractivity contribution in [2.75, 3.05) is 0 Å². The zero-order valence-corrected chi connectivity index (χ0v) is 6.04. The molecule has 1 heterocycles. The maximum Gasteiger partial charge on any atom is 0.233 e. The van der Waals surface area contributed by atoms with E-state index in [9.17, 15) is 4.79 Å². The van der Waals surface area contributed by atoms with Gasteiger partial charge in [0.25, 0.3) is 0 Å².